The minimum Gasteiger partial charge on any atom is -0.477 e. The quantitative estimate of drug-likeness (QED) is 0.483. The van der Waals surface area contributed by atoms with Gasteiger partial charge in [-0.05, 0) is 0 Å². The number of primary amides is 1. The molecule has 0 atom stereocenters. The average Bonchev–Trinajstić information content (AvgIpc) is 1.97. The van der Waals surface area contributed by atoms with Gasteiger partial charge >= 0.3 is 11.9 Å². The molecule has 0 saturated heterocycles. The molecule has 5 nitrogen and oxygen atoms in total. The Balaban J connectivity index is 3.64. The summed E-state index contributed by atoms with van der Waals surface area (Å²) in [6.07, 6.45) is -0.101. The highest BCUT2D eigenvalue weighted by Gasteiger charge is 2.37. The smallest absolute Gasteiger partial charge is 0.375 e. The normalized spacial score (nSPS) is 11.2. The Morgan fingerprint density at radius 2 is 2.00 bits per heavy atom. The van der Waals surface area contributed by atoms with E-state index in [1.807, 2.05) is 0 Å². The fourth-order valence-corrected chi connectivity index (χ4v) is 0.533. The molecule has 0 saturated carbocycles. The zero-order valence-corrected chi connectivity index (χ0v) is 6.72. The number of amides is 1. The lowest BCUT2D eigenvalue weighted by Crippen LogP contribution is -2.40. The zero-order valence-electron chi connectivity index (χ0n) is 6.72. The zero-order chi connectivity index (χ0) is 10.5. The summed E-state index contributed by atoms with van der Waals surface area (Å²) in [7, 11) is 0. The molecule has 1 amide bonds. The maximum atomic E-state index is 12.3. The first kappa shape index (κ1) is 11.8. The van der Waals surface area contributed by atoms with Crippen LogP contribution in [0, 0.1) is 0 Å². The lowest BCUT2D eigenvalue weighted by atomic mass is 10.3. The van der Waals surface area contributed by atoms with E-state index in [-0.39, 0.29) is 13.0 Å². The standard InChI is InChI=1S/C6H10F2N2O3/c7-6(8,5(12)13)3-10-2-1-4(9)11/h10H,1-3H2,(H2,9,11)(H,12,13). The third-order valence-corrected chi connectivity index (χ3v) is 1.21. The van der Waals surface area contributed by atoms with Gasteiger partial charge in [0.1, 0.15) is 0 Å². The Labute approximate surface area is 72.9 Å². The van der Waals surface area contributed by atoms with Crippen molar-refractivity contribution in [3.8, 4) is 0 Å². The summed E-state index contributed by atoms with van der Waals surface area (Å²) in [5, 5.41) is 10.1. The second kappa shape index (κ2) is 4.70. The fourth-order valence-electron chi connectivity index (χ4n) is 0.533. The second-order valence-corrected chi connectivity index (χ2v) is 2.40. The van der Waals surface area contributed by atoms with E-state index in [1.165, 1.54) is 0 Å². The largest absolute Gasteiger partial charge is 0.477 e. The van der Waals surface area contributed by atoms with Crippen LogP contribution in [0.1, 0.15) is 6.42 Å². The van der Waals surface area contributed by atoms with Gasteiger partial charge in [-0.25, -0.2) is 4.79 Å². The van der Waals surface area contributed by atoms with E-state index in [0.29, 0.717) is 0 Å². The summed E-state index contributed by atoms with van der Waals surface area (Å²) >= 11 is 0. The van der Waals surface area contributed by atoms with Crippen LogP contribution in [0.15, 0.2) is 0 Å². The molecule has 0 aliphatic carbocycles. The van der Waals surface area contributed by atoms with Gasteiger partial charge in [0.2, 0.25) is 5.91 Å². The fraction of sp³-hybridized carbons (Fsp3) is 0.667. The van der Waals surface area contributed by atoms with Crippen molar-refractivity contribution in [3.63, 3.8) is 0 Å². The minimum absolute atomic E-state index is 0.0573. The van der Waals surface area contributed by atoms with Gasteiger partial charge in [-0.3, -0.25) is 4.79 Å². The first-order chi connectivity index (χ1) is 5.86. The molecule has 0 spiro atoms. The monoisotopic (exact) mass is 196 g/mol. The molecule has 0 aliphatic rings. The number of alkyl halides is 2. The van der Waals surface area contributed by atoms with Gasteiger partial charge in [0, 0.05) is 13.0 Å². The Kier molecular flexibility index (Phi) is 4.26. The topological polar surface area (TPSA) is 92.4 Å². The van der Waals surface area contributed by atoms with E-state index in [4.69, 9.17) is 10.8 Å². The average molecular weight is 196 g/mol. The van der Waals surface area contributed by atoms with Crippen molar-refractivity contribution in [2.24, 2.45) is 5.73 Å². The number of aliphatic carboxylic acids is 1. The molecule has 0 rings (SSSR count). The molecular weight excluding hydrogens is 186 g/mol. The van der Waals surface area contributed by atoms with Crippen LogP contribution in [0.25, 0.3) is 0 Å². The number of nitrogens with two attached hydrogens (primary N) is 1. The van der Waals surface area contributed by atoms with Crippen molar-refractivity contribution in [3.05, 3.63) is 0 Å². The van der Waals surface area contributed by atoms with Crippen molar-refractivity contribution in [2.75, 3.05) is 13.1 Å². The van der Waals surface area contributed by atoms with E-state index in [2.05, 4.69) is 5.32 Å². The minimum atomic E-state index is -3.81. The molecule has 76 valence electrons. The van der Waals surface area contributed by atoms with Gasteiger partial charge in [0.15, 0.2) is 0 Å². The lowest BCUT2D eigenvalue weighted by molar-refractivity contribution is -0.163. The molecule has 13 heavy (non-hydrogen) atoms. The van der Waals surface area contributed by atoms with Crippen LogP contribution in [0.4, 0.5) is 8.78 Å². The van der Waals surface area contributed by atoms with Crippen LogP contribution in [0.3, 0.4) is 0 Å². The highest BCUT2D eigenvalue weighted by atomic mass is 19.3. The van der Waals surface area contributed by atoms with E-state index in [1.54, 1.807) is 0 Å². The molecule has 0 heterocycles. The van der Waals surface area contributed by atoms with Crippen LogP contribution in [0.5, 0.6) is 0 Å². The molecule has 0 fully saturated rings. The SMILES string of the molecule is NC(=O)CCNCC(F)(F)C(=O)O. The van der Waals surface area contributed by atoms with Crippen LogP contribution < -0.4 is 11.1 Å². The first-order valence-electron chi connectivity index (χ1n) is 3.46. The molecule has 4 N–H and O–H groups in total. The number of halogens is 2. The van der Waals surface area contributed by atoms with Gasteiger partial charge in [0.25, 0.3) is 0 Å². The Hall–Kier alpha value is -1.24. The Morgan fingerprint density at radius 3 is 2.38 bits per heavy atom. The van der Waals surface area contributed by atoms with E-state index in [9.17, 15) is 18.4 Å². The summed E-state index contributed by atoms with van der Waals surface area (Å²) in [6, 6.07) is 0. The maximum Gasteiger partial charge on any atom is 0.375 e. The number of carboxylic acid groups (broad SMARTS) is 1. The van der Waals surface area contributed by atoms with Gasteiger partial charge < -0.3 is 16.2 Å². The third-order valence-electron chi connectivity index (χ3n) is 1.21. The number of rotatable bonds is 6. The Bertz CT molecular complexity index is 208. The predicted molar refractivity (Wildman–Crippen MR) is 39.3 cm³/mol. The number of hydrogen-bond acceptors (Lipinski definition) is 3. The molecule has 0 aromatic carbocycles. The molecule has 0 aliphatic heterocycles. The van der Waals surface area contributed by atoms with E-state index < -0.39 is 24.3 Å². The lowest BCUT2D eigenvalue weighted by Gasteiger charge is -2.11. The summed E-state index contributed by atoms with van der Waals surface area (Å²) in [5.74, 6) is -6.64. The van der Waals surface area contributed by atoms with Crippen LogP contribution in [0.2, 0.25) is 0 Å². The van der Waals surface area contributed by atoms with Crippen molar-refractivity contribution in [1.82, 2.24) is 5.32 Å². The van der Waals surface area contributed by atoms with Gasteiger partial charge in [-0.15, -0.1) is 0 Å². The van der Waals surface area contributed by atoms with Crippen molar-refractivity contribution >= 4 is 11.9 Å². The third kappa shape index (κ3) is 5.07. The van der Waals surface area contributed by atoms with Crippen LogP contribution >= 0.6 is 0 Å². The van der Waals surface area contributed by atoms with Crippen molar-refractivity contribution in [2.45, 2.75) is 12.3 Å². The van der Waals surface area contributed by atoms with Crippen LogP contribution in [-0.2, 0) is 9.59 Å². The van der Waals surface area contributed by atoms with Crippen molar-refractivity contribution < 1.29 is 23.5 Å². The van der Waals surface area contributed by atoms with E-state index >= 15 is 0 Å². The van der Waals surface area contributed by atoms with E-state index in [0.717, 1.165) is 0 Å². The molecule has 0 unspecified atom stereocenters. The number of hydrogen-bond donors (Lipinski definition) is 3. The second-order valence-electron chi connectivity index (χ2n) is 2.40. The van der Waals surface area contributed by atoms with Crippen LogP contribution in [-0.4, -0.2) is 36.0 Å². The van der Waals surface area contributed by atoms with Crippen molar-refractivity contribution in [1.29, 1.82) is 0 Å². The summed E-state index contributed by atoms with van der Waals surface area (Å²) in [5.41, 5.74) is 4.72. The first-order valence-corrected chi connectivity index (χ1v) is 3.46. The van der Waals surface area contributed by atoms with Gasteiger partial charge in [-0.1, -0.05) is 0 Å². The molecular formula is C6H10F2N2O3. The molecule has 0 radical (unpaired) electrons. The summed E-state index contributed by atoms with van der Waals surface area (Å²) in [6.45, 7) is -1.06. The summed E-state index contributed by atoms with van der Waals surface area (Å²) in [4.78, 5) is 20.0. The highest BCUT2D eigenvalue weighted by molar-refractivity contribution is 5.75. The number of nitrogens with one attached hydrogen (secondary N) is 1. The highest BCUT2D eigenvalue weighted by Crippen LogP contribution is 2.11. The molecule has 0 aromatic heterocycles. The van der Waals surface area contributed by atoms with Gasteiger partial charge in [-0.2, -0.15) is 8.78 Å². The molecule has 0 aromatic rings. The number of carbonyl (C=O) groups excluding carboxylic acids is 1. The Morgan fingerprint density at radius 1 is 1.46 bits per heavy atom. The summed E-state index contributed by atoms with van der Waals surface area (Å²) < 4.78 is 24.6. The predicted octanol–water partition coefficient (Wildman–Crippen LogP) is -0.829. The molecule has 7 heteroatoms. The molecule has 0 bridgehead atoms. The number of carboxylic acids is 1. The maximum absolute atomic E-state index is 12.3. The number of carbonyl (C=O) groups is 2. The van der Waals surface area contributed by atoms with Gasteiger partial charge in [0.05, 0.1) is 6.54 Å².